The van der Waals surface area contributed by atoms with Gasteiger partial charge in [0.05, 0.1) is 6.61 Å². The molecule has 0 saturated heterocycles. The highest BCUT2D eigenvalue weighted by Crippen LogP contribution is 2.17. The summed E-state index contributed by atoms with van der Waals surface area (Å²) in [6.45, 7) is 9.46. The zero-order valence-corrected chi connectivity index (χ0v) is 9.46. The Bertz CT molecular complexity index is 347. The quantitative estimate of drug-likeness (QED) is 0.784. The lowest BCUT2D eigenvalue weighted by Gasteiger charge is -2.04. The van der Waals surface area contributed by atoms with Crippen molar-refractivity contribution >= 4 is 6.08 Å². The van der Waals surface area contributed by atoms with E-state index in [2.05, 4.69) is 37.5 Å². The third kappa shape index (κ3) is 2.07. The van der Waals surface area contributed by atoms with E-state index >= 15 is 0 Å². The molecule has 0 fully saturated rings. The van der Waals surface area contributed by atoms with E-state index in [0.29, 0.717) is 0 Å². The number of rotatable bonds is 3. The summed E-state index contributed by atoms with van der Waals surface area (Å²) in [5.41, 5.74) is 4.78. The van der Waals surface area contributed by atoms with Crippen molar-refractivity contribution < 1.29 is 5.11 Å². The van der Waals surface area contributed by atoms with Gasteiger partial charge in [-0.1, -0.05) is 6.08 Å². The monoisotopic (exact) mass is 193 g/mol. The minimum Gasteiger partial charge on any atom is -0.392 e. The Morgan fingerprint density at radius 3 is 2.57 bits per heavy atom. The highest BCUT2D eigenvalue weighted by atomic mass is 16.3. The fourth-order valence-corrected chi connectivity index (χ4v) is 1.77. The molecule has 1 aromatic rings. The number of aliphatic hydroxyl groups excluding tert-OH is 1. The maximum absolute atomic E-state index is 8.95. The first kappa shape index (κ1) is 11.1. The highest BCUT2D eigenvalue weighted by molar-refractivity contribution is 5.56. The summed E-state index contributed by atoms with van der Waals surface area (Å²) in [5, 5.41) is 8.95. The molecule has 0 spiro atoms. The van der Waals surface area contributed by atoms with Crippen molar-refractivity contribution in [2.24, 2.45) is 0 Å². The van der Waals surface area contributed by atoms with E-state index in [0.717, 1.165) is 12.1 Å². The van der Waals surface area contributed by atoms with Crippen LogP contribution in [0.2, 0.25) is 0 Å². The zero-order chi connectivity index (χ0) is 10.7. The normalized spacial score (nSPS) is 12.2. The van der Waals surface area contributed by atoms with Gasteiger partial charge in [0.2, 0.25) is 0 Å². The lowest BCUT2D eigenvalue weighted by molar-refractivity contribution is 0.332. The van der Waals surface area contributed by atoms with Crippen LogP contribution in [0.3, 0.4) is 0 Å². The number of aromatic nitrogens is 1. The van der Waals surface area contributed by atoms with E-state index in [1.165, 1.54) is 17.0 Å². The van der Waals surface area contributed by atoms with Gasteiger partial charge in [-0.05, 0) is 44.9 Å². The maximum atomic E-state index is 8.95. The van der Waals surface area contributed by atoms with Crippen molar-refractivity contribution in [2.75, 3.05) is 6.61 Å². The summed E-state index contributed by atoms with van der Waals surface area (Å²) >= 11 is 0. The third-order valence-electron chi connectivity index (χ3n) is 2.58. The molecule has 0 unspecified atom stereocenters. The third-order valence-corrected chi connectivity index (χ3v) is 2.58. The van der Waals surface area contributed by atoms with Crippen LogP contribution in [0.25, 0.3) is 6.08 Å². The van der Waals surface area contributed by atoms with Crippen molar-refractivity contribution in [1.82, 2.24) is 4.57 Å². The predicted molar refractivity (Wildman–Crippen MR) is 60.3 cm³/mol. The van der Waals surface area contributed by atoms with Crippen LogP contribution in [0.5, 0.6) is 0 Å². The largest absolute Gasteiger partial charge is 0.392 e. The van der Waals surface area contributed by atoms with Crippen molar-refractivity contribution in [3.63, 3.8) is 0 Å². The van der Waals surface area contributed by atoms with Crippen LogP contribution in [-0.4, -0.2) is 16.3 Å². The minimum atomic E-state index is 0.135. The van der Waals surface area contributed by atoms with E-state index in [9.17, 15) is 0 Å². The summed E-state index contributed by atoms with van der Waals surface area (Å²) in [5.74, 6) is 0. The Balaban J connectivity index is 3.11. The van der Waals surface area contributed by atoms with Crippen LogP contribution < -0.4 is 0 Å². The molecule has 0 amide bonds. The molecule has 2 heteroatoms. The van der Waals surface area contributed by atoms with Crippen molar-refractivity contribution in [3.05, 3.63) is 28.6 Å². The number of hydrogen-bond acceptors (Lipinski definition) is 1. The lowest BCUT2D eigenvalue weighted by Crippen LogP contribution is -1.98. The molecule has 0 aliphatic rings. The first-order chi connectivity index (χ1) is 6.60. The van der Waals surface area contributed by atoms with Crippen LogP contribution in [0, 0.1) is 13.8 Å². The fourth-order valence-electron chi connectivity index (χ4n) is 1.77. The molecule has 1 aromatic heterocycles. The number of aryl methyl sites for hydroxylation is 1. The minimum absolute atomic E-state index is 0.135. The molecule has 0 saturated carbocycles. The summed E-state index contributed by atoms with van der Waals surface area (Å²) in [7, 11) is 0. The van der Waals surface area contributed by atoms with Crippen molar-refractivity contribution in [3.8, 4) is 0 Å². The van der Waals surface area contributed by atoms with Gasteiger partial charge in [-0.2, -0.15) is 0 Å². The average molecular weight is 193 g/mol. The molecular weight excluding hydrogens is 174 g/mol. The van der Waals surface area contributed by atoms with Gasteiger partial charge < -0.3 is 9.67 Å². The van der Waals surface area contributed by atoms with Gasteiger partial charge in [0.25, 0.3) is 0 Å². The first-order valence-electron chi connectivity index (χ1n) is 5.05. The van der Waals surface area contributed by atoms with E-state index in [4.69, 9.17) is 5.11 Å². The van der Waals surface area contributed by atoms with Gasteiger partial charge in [0, 0.05) is 17.9 Å². The molecule has 0 aliphatic heterocycles. The molecule has 0 atom stereocenters. The Hall–Kier alpha value is -1.02. The number of hydrogen-bond donors (Lipinski definition) is 1. The molecule has 0 aromatic carbocycles. The smallest absolute Gasteiger partial charge is 0.0642 e. The molecule has 0 aliphatic carbocycles. The van der Waals surface area contributed by atoms with Gasteiger partial charge in [0.1, 0.15) is 0 Å². The van der Waals surface area contributed by atoms with E-state index < -0.39 is 0 Å². The Labute approximate surface area is 85.9 Å². The van der Waals surface area contributed by atoms with Gasteiger partial charge in [0.15, 0.2) is 0 Å². The SMILES string of the molecule is CCn1c(C)cc(C=C(C)CO)c1C. The standard InChI is InChI=1S/C12H19NO/c1-5-13-10(3)7-12(11(13)4)6-9(2)8-14/h6-7,14H,5,8H2,1-4H3. The van der Waals surface area contributed by atoms with Crippen LogP contribution in [0.15, 0.2) is 11.6 Å². The van der Waals surface area contributed by atoms with Gasteiger partial charge in [-0.3, -0.25) is 0 Å². The molecule has 1 N–H and O–H groups in total. The van der Waals surface area contributed by atoms with Crippen molar-refractivity contribution in [2.45, 2.75) is 34.2 Å². The topological polar surface area (TPSA) is 25.2 Å². The van der Waals surface area contributed by atoms with Gasteiger partial charge in [-0.25, -0.2) is 0 Å². The molecule has 2 nitrogen and oxygen atoms in total. The molecule has 0 bridgehead atoms. The fraction of sp³-hybridized carbons (Fsp3) is 0.500. The maximum Gasteiger partial charge on any atom is 0.0642 e. The Kier molecular flexibility index (Phi) is 3.53. The number of aliphatic hydroxyl groups is 1. The van der Waals surface area contributed by atoms with E-state index in [-0.39, 0.29) is 6.61 Å². The Morgan fingerprint density at radius 1 is 1.50 bits per heavy atom. The summed E-state index contributed by atoms with van der Waals surface area (Å²) < 4.78 is 2.27. The van der Waals surface area contributed by atoms with E-state index in [1.807, 2.05) is 6.92 Å². The van der Waals surface area contributed by atoms with Crippen molar-refractivity contribution in [1.29, 1.82) is 0 Å². The molecule has 0 radical (unpaired) electrons. The van der Waals surface area contributed by atoms with Gasteiger partial charge >= 0.3 is 0 Å². The first-order valence-corrected chi connectivity index (χ1v) is 5.05. The van der Waals surface area contributed by atoms with Crippen LogP contribution in [-0.2, 0) is 6.54 Å². The Morgan fingerprint density at radius 2 is 2.14 bits per heavy atom. The predicted octanol–water partition coefficient (Wildman–Crippen LogP) is 2.52. The summed E-state index contributed by atoms with van der Waals surface area (Å²) in [6.07, 6.45) is 2.05. The van der Waals surface area contributed by atoms with Crippen LogP contribution in [0.1, 0.15) is 30.8 Å². The number of nitrogens with zero attached hydrogens (tertiary/aromatic N) is 1. The average Bonchev–Trinajstić information content (AvgIpc) is 2.42. The van der Waals surface area contributed by atoms with Crippen LogP contribution >= 0.6 is 0 Å². The molecular formula is C12H19NO. The summed E-state index contributed by atoms with van der Waals surface area (Å²) in [4.78, 5) is 0. The van der Waals surface area contributed by atoms with Crippen LogP contribution in [0.4, 0.5) is 0 Å². The zero-order valence-electron chi connectivity index (χ0n) is 9.46. The van der Waals surface area contributed by atoms with E-state index in [1.54, 1.807) is 0 Å². The second kappa shape index (κ2) is 4.47. The molecule has 78 valence electrons. The second-order valence-electron chi connectivity index (χ2n) is 3.72. The highest BCUT2D eigenvalue weighted by Gasteiger charge is 2.05. The lowest BCUT2D eigenvalue weighted by atomic mass is 10.2. The summed E-state index contributed by atoms with van der Waals surface area (Å²) in [6, 6.07) is 2.16. The molecule has 1 heterocycles. The molecule has 1 rings (SSSR count). The molecule has 14 heavy (non-hydrogen) atoms. The second-order valence-corrected chi connectivity index (χ2v) is 3.72. The van der Waals surface area contributed by atoms with Gasteiger partial charge in [-0.15, -0.1) is 0 Å².